The smallest absolute Gasteiger partial charge is 0.230 e. The zero-order chi connectivity index (χ0) is 16.8. The van der Waals surface area contributed by atoms with Crippen LogP contribution in [0.2, 0.25) is 0 Å². The summed E-state index contributed by atoms with van der Waals surface area (Å²) >= 11 is 1.41. The summed E-state index contributed by atoms with van der Waals surface area (Å²) in [5.74, 6) is 0.0476. The van der Waals surface area contributed by atoms with Crippen LogP contribution in [0.3, 0.4) is 0 Å². The standard InChI is InChI=1S/C19H21FN2OS/c20-16-5-9-18(10-6-16)24-14-19(23)21-13-15-3-7-17(8-4-15)22-11-1-2-12-22/h3-10H,1-2,11-14H2,(H,21,23). The summed E-state index contributed by atoms with van der Waals surface area (Å²) < 4.78 is 12.8. The minimum Gasteiger partial charge on any atom is -0.372 e. The van der Waals surface area contributed by atoms with E-state index in [1.54, 1.807) is 12.1 Å². The number of thioether (sulfide) groups is 1. The Kier molecular flexibility index (Phi) is 5.75. The van der Waals surface area contributed by atoms with Gasteiger partial charge in [-0.15, -0.1) is 11.8 Å². The van der Waals surface area contributed by atoms with Crippen LogP contribution in [0, 0.1) is 5.82 Å². The third-order valence-corrected chi connectivity index (χ3v) is 5.09. The summed E-state index contributed by atoms with van der Waals surface area (Å²) in [4.78, 5) is 15.2. The zero-order valence-electron chi connectivity index (χ0n) is 13.5. The molecule has 3 rings (SSSR count). The van der Waals surface area contributed by atoms with Gasteiger partial charge in [-0.2, -0.15) is 0 Å². The Morgan fingerprint density at radius 3 is 2.38 bits per heavy atom. The van der Waals surface area contributed by atoms with Crippen LogP contribution in [0.1, 0.15) is 18.4 Å². The van der Waals surface area contributed by atoms with Gasteiger partial charge >= 0.3 is 0 Å². The summed E-state index contributed by atoms with van der Waals surface area (Å²) in [5, 5.41) is 2.92. The van der Waals surface area contributed by atoms with Crippen molar-refractivity contribution in [2.75, 3.05) is 23.7 Å². The molecule has 1 heterocycles. The van der Waals surface area contributed by atoms with E-state index in [9.17, 15) is 9.18 Å². The third-order valence-electron chi connectivity index (χ3n) is 4.08. The Hall–Kier alpha value is -2.01. The number of halogens is 1. The van der Waals surface area contributed by atoms with Gasteiger partial charge in [-0.05, 0) is 54.8 Å². The van der Waals surface area contributed by atoms with E-state index < -0.39 is 0 Å². The molecular formula is C19H21FN2OS. The van der Waals surface area contributed by atoms with Crippen molar-refractivity contribution in [3.05, 3.63) is 59.9 Å². The SMILES string of the molecule is O=C(CSc1ccc(F)cc1)NCc1ccc(N2CCCC2)cc1. The summed E-state index contributed by atoms with van der Waals surface area (Å²) in [6.07, 6.45) is 2.53. The van der Waals surface area contributed by atoms with Gasteiger partial charge in [0.2, 0.25) is 5.91 Å². The molecule has 1 aliphatic heterocycles. The molecule has 0 aromatic heterocycles. The minimum absolute atomic E-state index is 0.0204. The van der Waals surface area contributed by atoms with Gasteiger partial charge < -0.3 is 10.2 Å². The van der Waals surface area contributed by atoms with Crippen LogP contribution in [0.5, 0.6) is 0 Å². The molecule has 0 aliphatic carbocycles. The van der Waals surface area contributed by atoms with Crippen molar-refractivity contribution in [2.45, 2.75) is 24.3 Å². The van der Waals surface area contributed by atoms with Crippen LogP contribution in [0.15, 0.2) is 53.4 Å². The molecular weight excluding hydrogens is 323 g/mol. The second-order valence-corrected chi connectivity index (χ2v) is 6.93. The van der Waals surface area contributed by atoms with E-state index in [-0.39, 0.29) is 11.7 Å². The van der Waals surface area contributed by atoms with Crippen molar-refractivity contribution in [1.29, 1.82) is 0 Å². The van der Waals surface area contributed by atoms with E-state index in [0.29, 0.717) is 12.3 Å². The number of amides is 1. The van der Waals surface area contributed by atoms with E-state index in [1.807, 2.05) is 0 Å². The second kappa shape index (κ2) is 8.20. The maximum atomic E-state index is 12.8. The predicted octanol–water partition coefficient (Wildman–Crippen LogP) is 3.83. The number of carbonyl (C=O) groups excluding carboxylic acids is 1. The molecule has 0 spiro atoms. The fourth-order valence-corrected chi connectivity index (χ4v) is 3.46. The second-order valence-electron chi connectivity index (χ2n) is 5.88. The van der Waals surface area contributed by atoms with Crippen molar-refractivity contribution in [2.24, 2.45) is 0 Å². The lowest BCUT2D eigenvalue weighted by Gasteiger charge is -2.17. The summed E-state index contributed by atoms with van der Waals surface area (Å²) in [5.41, 5.74) is 2.35. The first kappa shape index (κ1) is 16.8. The number of hydrogen-bond donors (Lipinski definition) is 1. The molecule has 0 bridgehead atoms. The Labute approximate surface area is 146 Å². The van der Waals surface area contributed by atoms with Gasteiger partial charge in [0.05, 0.1) is 5.75 Å². The number of carbonyl (C=O) groups is 1. The lowest BCUT2D eigenvalue weighted by atomic mass is 10.2. The number of rotatable bonds is 6. The molecule has 1 aliphatic rings. The van der Waals surface area contributed by atoms with Crippen molar-refractivity contribution in [3.8, 4) is 0 Å². The molecule has 1 fully saturated rings. The van der Waals surface area contributed by atoms with Crippen LogP contribution in [0.4, 0.5) is 10.1 Å². The van der Waals surface area contributed by atoms with Crippen molar-refractivity contribution in [3.63, 3.8) is 0 Å². The molecule has 0 saturated carbocycles. The molecule has 126 valence electrons. The molecule has 1 amide bonds. The highest BCUT2D eigenvalue weighted by atomic mass is 32.2. The molecule has 2 aromatic carbocycles. The summed E-state index contributed by atoms with van der Waals surface area (Å²) in [6.45, 7) is 2.80. The number of anilines is 1. The summed E-state index contributed by atoms with van der Waals surface area (Å²) in [7, 11) is 0. The third kappa shape index (κ3) is 4.74. The molecule has 2 aromatic rings. The van der Waals surface area contributed by atoms with Crippen LogP contribution in [0.25, 0.3) is 0 Å². The van der Waals surface area contributed by atoms with Crippen molar-refractivity contribution in [1.82, 2.24) is 5.32 Å². The van der Waals surface area contributed by atoms with Gasteiger partial charge in [-0.1, -0.05) is 12.1 Å². The van der Waals surface area contributed by atoms with E-state index in [1.165, 1.54) is 42.4 Å². The maximum absolute atomic E-state index is 12.8. The highest BCUT2D eigenvalue weighted by molar-refractivity contribution is 8.00. The molecule has 1 N–H and O–H groups in total. The van der Waals surface area contributed by atoms with Crippen LogP contribution < -0.4 is 10.2 Å². The van der Waals surface area contributed by atoms with Crippen LogP contribution in [-0.2, 0) is 11.3 Å². The molecule has 24 heavy (non-hydrogen) atoms. The fourth-order valence-electron chi connectivity index (χ4n) is 2.73. The minimum atomic E-state index is -0.263. The molecule has 1 saturated heterocycles. The number of nitrogens with one attached hydrogen (secondary N) is 1. The topological polar surface area (TPSA) is 32.3 Å². The Morgan fingerprint density at radius 2 is 1.71 bits per heavy atom. The highest BCUT2D eigenvalue weighted by Crippen LogP contribution is 2.20. The highest BCUT2D eigenvalue weighted by Gasteiger charge is 2.11. The molecule has 0 atom stereocenters. The number of hydrogen-bond acceptors (Lipinski definition) is 3. The Balaban J connectivity index is 1.43. The van der Waals surface area contributed by atoms with E-state index in [4.69, 9.17) is 0 Å². The molecule has 0 radical (unpaired) electrons. The van der Waals surface area contributed by atoms with Crippen molar-refractivity contribution >= 4 is 23.4 Å². The summed E-state index contributed by atoms with van der Waals surface area (Å²) in [6, 6.07) is 14.6. The number of nitrogens with zero attached hydrogens (tertiary/aromatic N) is 1. The Bertz CT molecular complexity index is 667. The van der Waals surface area contributed by atoms with Gasteiger partial charge in [0, 0.05) is 30.2 Å². The lowest BCUT2D eigenvalue weighted by Crippen LogP contribution is -2.24. The van der Waals surface area contributed by atoms with Gasteiger partial charge in [0.1, 0.15) is 5.82 Å². The Morgan fingerprint density at radius 1 is 1.04 bits per heavy atom. The first-order valence-corrected chi connectivity index (χ1v) is 9.18. The molecule has 0 unspecified atom stereocenters. The van der Waals surface area contributed by atoms with Crippen molar-refractivity contribution < 1.29 is 9.18 Å². The normalized spacial score (nSPS) is 14.0. The quantitative estimate of drug-likeness (QED) is 0.808. The average Bonchev–Trinajstić information content (AvgIpc) is 3.14. The van der Waals surface area contributed by atoms with Gasteiger partial charge in [0.15, 0.2) is 0 Å². The first-order chi connectivity index (χ1) is 11.7. The monoisotopic (exact) mass is 344 g/mol. The van der Waals surface area contributed by atoms with Gasteiger partial charge in [-0.25, -0.2) is 4.39 Å². The van der Waals surface area contributed by atoms with Crippen LogP contribution in [-0.4, -0.2) is 24.7 Å². The fraction of sp³-hybridized carbons (Fsp3) is 0.316. The molecule has 5 heteroatoms. The van der Waals surface area contributed by atoms with E-state index in [2.05, 4.69) is 34.5 Å². The van der Waals surface area contributed by atoms with E-state index >= 15 is 0 Å². The predicted molar refractivity (Wildman–Crippen MR) is 96.9 cm³/mol. The number of benzene rings is 2. The van der Waals surface area contributed by atoms with Gasteiger partial charge in [-0.3, -0.25) is 4.79 Å². The van der Waals surface area contributed by atoms with E-state index in [0.717, 1.165) is 23.5 Å². The maximum Gasteiger partial charge on any atom is 0.230 e. The zero-order valence-corrected chi connectivity index (χ0v) is 14.3. The largest absolute Gasteiger partial charge is 0.372 e. The molecule has 3 nitrogen and oxygen atoms in total. The lowest BCUT2D eigenvalue weighted by molar-refractivity contribution is -0.118. The van der Waals surface area contributed by atoms with Crippen LogP contribution >= 0.6 is 11.8 Å². The average molecular weight is 344 g/mol. The first-order valence-electron chi connectivity index (χ1n) is 8.20. The van der Waals surface area contributed by atoms with Gasteiger partial charge in [0.25, 0.3) is 0 Å².